The molecule has 2 rings (SSSR count). The molecule has 1 aliphatic heterocycles. The minimum absolute atomic E-state index is 0.361. The summed E-state index contributed by atoms with van der Waals surface area (Å²) < 4.78 is 0. The maximum atomic E-state index is 11.1. The van der Waals surface area contributed by atoms with Crippen molar-refractivity contribution in [3.63, 3.8) is 0 Å². The monoisotopic (exact) mass is 264 g/mol. The number of nitrogens with two attached hydrogens (primary N) is 1. The number of primary amides is 1. The first kappa shape index (κ1) is 13.4. The summed E-state index contributed by atoms with van der Waals surface area (Å²) >= 11 is 2.06. The number of rotatable bonds is 5. The van der Waals surface area contributed by atoms with Gasteiger partial charge >= 0.3 is 0 Å². The quantitative estimate of drug-likeness (QED) is 0.856. The van der Waals surface area contributed by atoms with E-state index in [2.05, 4.69) is 17.1 Å². The zero-order valence-corrected chi connectivity index (χ0v) is 11.6. The van der Waals surface area contributed by atoms with Crippen molar-refractivity contribution in [2.45, 2.75) is 31.6 Å². The molecule has 1 aromatic carbocycles. The number of amides is 1. The fraction of sp³-hybridized carbons (Fsp3) is 0.500. The van der Waals surface area contributed by atoms with E-state index in [1.54, 1.807) is 6.07 Å². The highest BCUT2D eigenvalue weighted by Crippen LogP contribution is 2.25. The standard InChI is InChI=1S/C14H20N2OS/c1-10-7-11(14(15)17)4-5-12(10)8-16-9-13-3-2-6-18-13/h4-5,7,13,16H,2-3,6,8-9H2,1H3,(H2,15,17). The second kappa shape index (κ2) is 6.25. The van der Waals surface area contributed by atoms with Gasteiger partial charge in [0, 0.05) is 23.9 Å². The Morgan fingerprint density at radius 1 is 1.56 bits per heavy atom. The van der Waals surface area contributed by atoms with Crippen LogP contribution in [0.3, 0.4) is 0 Å². The molecule has 0 radical (unpaired) electrons. The molecule has 3 nitrogen and oxygen atoms in total. The molecule has 1 saturated heterocycles. The van der Waals surface area contributed by atoms with Gasteiger partial charge in [0.1, 0.15) is 0 Å². The van der Waals surface area contributed by atoms with Gasteiger partial charge in [0.15, 0.2) is 0 Å². The summed E-state index contributed by atoms with van der Waals surface area (Å²) in [5.41, 5.74) is 8.21. The third kappa shape index (κ3) is 3.50. The first-order valence-electron chi connectivity index (χ1n) is 6.38. The highest BCUT2D eigenvalue weighted by molar-refractivity contribution is 8.00. The third-order valence-corrected chi connectivity index (χ3v) is 4.74. The molecule has 1 aromatic rings. The fourth-order valence-corrected chi connectivity index (χ4v) is 3.46. The van der Waals surface area contributed by atoms with Gasteiger partial charge in [-0.1, -0.05) is 6.07 Å². The highest BCUT2D eigenvalue weighted by atomic mass is 32.2. The molecule has 0 aliphatic carbocycles. The van der Waals surface area contributed by atoms with Gasteiger partial charge in [0.05, 0.1) is 0 Å². The lowest BCUT2D eigenvalue weighted by atomic mass is 10.0. The summed E-state index contributed by atoms with van der Waals surface area (Å²) in [7, 11) is 0. The van der Waals surface area contributed by atoms with Crippen LogP contribution in [-0.2, 0) is 6.54 Å². The molecule has 98 valence electrons. The van der Waals surface area contributed by atoms with Crippen LogP contribution in [-0.4, -0.2) is 23.5 Å². The molecule has 0 aromatic heterocycles. The minimum Gasteiger partial charge on any atom is -0.366 e. The van der Waals surface area contributed by atoms with Crippen molar-refractivity contribution >= 4 is 17.7 Å². The Kier molecular flexibility index (Phi) is 4.66. The SMILES string of the molecule is Cc1cc(C(N)=O)ccc1CNCC1CCCS1. The van der Waals surface area contributed by atoms with Crippen LogP contribution in [0.4, 0.5) is 0 Å². The molecule has 1 atom stereocenters. The molecule has 1 heterocycles. The Balaban J connectivity index is 1.87. The van der Waals surface area contributed by atoms with Gasteiger partial charge in [0.25, 0.3) is 0 Å². The Labute approximate surface area is 113 Å². The van der Waals surface area contributed by atoms with Gasteiger partial charge in [-0.2, -0.15) is 11.8 Å². The molecule has 1 fully saturated rings. The van der Waals surface area contributed by atoms with Crippen molar-refractivity contribution in [2.24, 2.45) is 5.73 Å². The van der Waals surface area contributed by atoms with Crippen molar-refractivity contribution in [2.75, 3.05) is 12.3 Å². The van der Waals surface area contributed by atoms with E-state index in [0.717, 1.165) is 23.9 Å². The normalized spacial score (nSPS) is 19.1. The molecule has 4 heteroatoms. The van der Waals surface area contributed by atoms with Crippen LogP contribution in [0.5, 0.6) is 0 Å². The Morgan fingerprint density at radius 3 is 3.00 bits per heavy atom. The summed E-state index contributed by atoms with van der Waals surface area (Å²) in [6.45, 7) is 3.96. The third-order valence-electron chi connectivity index (χ3n) is 3.34. The van der Waals surface area contributed by atoms with E-state index >= 15 is 0 Å². The van der Waals surface area contributed by atoms with Gasteiger partial charge in [-0.15, -0.1) is 0 Å². The van der Waals surface area contributed by atoms with Crippen LogP contribution in [0.1, 0.15) is 34.3 Å². The predicted octanol–water partition coefficient (Wildman–Crippen LogP) is 2.08. The Hall–Kier alpha value is -1.000. The number of hydrogen-bond acceptors (Lipinski definition) is 3. The largest absolute Gasteiger partial charge is 0.366 e. The van der Waals surface area contributed by atoms with E-state index in [1.165, 1.54) is 24.2 Å². The number of aryl methyl sites for hydroxylation is 1. The highest BCUT2D eigenvalue weighted by Gasteiger charge is 2.14. The summed E-state index contributed by atoms with van der Waals surface area (Å²) in [5, 5.41) is 4.27. The zero-order valence-electron chi connectivity index (χ0n) is 10.7. The van der Waals surface area contributed by atoms with Gasteiger partial charge in [-0.05, 0) is 48.8 Å². The predicted molar refractivity (Wildman–Crippen MR) is 76.9 cm³/mol. The lowest BCUT2D eigenvalue weighted by Gasteiger charge is -2.12. The molecule has 1 unspecified atom stereocenters. The van der Waals surface area contributed by atoms with Crippen molar-refractivity contribution in [3.05, 3.63) is 34.9 Å². The molecule has 1 aliphatic rings. The summed E-state index contributed by atoms with van der Waals surface area (Å²) in [6, 6.07) is 5.66. The molecule has 0 bridgehead atoms. The number of hydrogen-bond donors (Lipinski definition) is 2. The first-order chi connectivity index (χ1) is 8.66. The Bertz CT molecular complexity index is 428. The number of nitrogens with one attached hydrogen (secondary N) is 1. The number of thioether (sulfide) groups is 1. The maximum Gasteiger partial charge on any atom is 0.248 e. The van der Waals surface area contributed by atoms with Crippen LogP contribution < -0.4 is 11.1 Å². The van der Waals surface area contributed by atoms with E-state index in [1.807, 2.05) is 19.1 Å². The lowest BCUT2D eigenvalue weighted by Crippen LogP contribution is -2.23. The van der Waals surface area contributed by atoms with E-state index in [9.17, 15) is 4.79 Å². The van der Waals surface area contributed by atoms with E-state index < -0.39 is 0 Å². The summed E-state index contributed by atoms with van der Waals surface area (Å²) in [6.07, 6.45) is 2.68. The van der Waals surface area contributed by atoms with Crippen LogP contribution >= 0.6 is 11.8 Å². The van der Waals surface area contributed by atoms with E-state index in [4.69, 9.17) is 5.73 Å². The topological polar surface area (TPSA) is 55.1 Å². The van der Waals surface area contributed by atoms with Crippen LogP contribution in [0.2, 0.25) is 0 Å². The first-order valence-corrected chi connectivity index (χ1v) is 7.43. The van der Waals surface area contributed by atoms with Crippen molar-refractivity contribution in [1.29, 1.82) is 0 Å². The molecule has 18 heavy (non-hydrogen) atoms. The average molecular weight is 264 g/mol. The van der Waals surface area contributed by atoms with Gasteiger partial charge in [0.2, 0.25) is 5.91 Å². The molecule has 3 N–H and O–H groups in total. The smallest absolute Gasteiger partial charge is 0.248 e. The lowest BCUT2D eigenvalue weighted by molar-refractivity contribution is 0.1000. The minimum atomic E-state index is -0.361. The number of benzene rings is 1. The van der Waals surface area contributed by atoms with Crippen LogP contribution in [0, 0.1) is 6.92 Å². The van der Waals surface area contributed by atoms with Crippen LogP contribution in [0.15, 0.2) is 18.2 Å². The second-order valence-corrected chi connectivity index (χ2v) is 6.18. The van der Waals surface area contributed by atoms with Gasteiger partial charge in [-0.25, -0.2) is 0 Å². The van der Waals surface area contributed by atoms with Gasteiger partial charge < -0.3 is 11.1 Å². The Morgan fingerprint density at radius 2 is 2.39 bits per heavy atom. The molecule has 0 saturated carbocycles. The van der Waals surface area contributed by atoms with E-state index in [-0.39, 0.29) is 5.91 Å². The maximum absolute atomic E-state index is 11.1. The molecule has 0 spiro atoms. The summed E-state index contributed by atoms with van der Waals surface area (Å²) in [4.78, 5) is 11.1. The average Bonchev–Trinajstić information content (AvgIpc) is 2.84. The van der Waals surface area contributed by atoms with Gasteiger partial charge in [-0.3, -0.25) is 4.79 Å². The van der Waals surface area contributed by atoms with Crippen molar-refractivity contribution < 1.29 is 4.79 Å². The summed E-state index contributed by atoms with van der Waals surface area (Å²) in [5.74, 6) is 0.943. The number of carbonyl (C=O) groups excluding carboxylic acids is 1. The second-order valence-electron chi connectivity index (χ2n) is 4.77. The van der Waals surface area contributed by atoms with Crippen molar-refractivity contribution in [3.8, 4) is 0 Å². The zero-order chi connectivity index (χ0) is 13.0. The van der Waals surface area contributed by atoms with E-state index in [0.29, 0.717) is 5.56 Å². The van der Waals surface area contributed by atoms with Crippen molar-refractivity contribution in [1.82, 2.24) is 5.32 Å². The fourth-order valence-electron chi connectivity index (χ4n) is 2.22. The number of carbonyl (C=O) groups is 1. The van der Waals surface area contributed by atoms with Crippen LogP contribution in [0.25, 0.3) is 0 Å². The molecular weight excluding hydrogens is 244 g/mol. The molecule has 1 amide bonds. The molecular formula is C14H20N2OS.